The fourth-order valence-corrected chi connectivity index (χ4v) is 6.22. The quantitative estimate of drug-likeness (QED) is 0.878. The van der Waals surface area contributed by atoms with E-state index in [1.807, 2.05) is 12.1 Å². The van der Waals surface area contributed by atoms with Gasteiger partial charge in [0.05, 0.1) is 6.10 Å². The molecule has 3 nitrogen and oxygen atoms in total. The minimum absolute atomic E-state index is 0.0544. The number of phenols is 1. The number of benzene rings is 1. The molecule has 0 spiro atoms. The number of rotatable bonds is 2. The van der Waals surface area contributed by atoms with Crippen molar-refractivity contribution < 1.29 is 14.9 Å². The molecule has 2 N–H and O–H groups in total. The molecule has 0 radical (unpaired) electrons. The molecule has 1 aromatic rings. The molecule has 0 bridgehead atoms. The van der Waals surface area contributed by atoms with Crippen molar-refractivity contribution in [2.24, 2.45) is 23.2 Å². The van der Waals surface area contributed by atoms with E-state index in [0.717, 1.165) is 32.3 Å². The van der Waals surface area contributed by atoms with Gasteiger partial charge in [0.1, 0.15) is 5.75 Å². The molecule has 2 fully saturated rings. The number of ether oxygens (including phenoxy) is 1. The molecule has 0 amide bonds. The SMILES string of the molecule is COC[C@@H]1C[C@]2(C)[C@H](O)CC[C@H]2[C@@H]2CCc3cc(O)ccc3[C@H]12. The van der Waals surface area contributed by atoms with E-state index in [0.29, 0.717) is 29.4 Å². The van der Waals surface area contributed by atoms with Gasteiger partial charge in [-0.05, 0) is 84.5 Å². The maximum Gasteiger partial charge on any atom is 0.115 e. The van der Waals surface area contributed by atoms with Crippen molar-refractivity contribution >= 4 is 0 Å². The Balaban J connectivity index is 1.77. The summed E-state index contributed by atoms with van der Waals surface area (Å²) in [7, 11) is 1.79. The van der Waals surface area contributed by atoms with E-state index in [2.05, 4.69) is 13.0 Å². The second-order valence-corrected chi connectivity index (χ2v) is 8.24. The Hall–Kier alpha value is -1.06. The van der Waals surface area contributed by atoms with Gasteiger partial charge in [0, 0.05) is 13.7 Å². The summed E-state index contributed by atoms with van der Waals surface area (Å²) in [6, 6.07) is 5.92. The Morgan fingerprint density at radius 1 is 1.26 bits per heavy atom. The lowest BCUT2D eigenvalue weighted by Gasteiger charge is -2.53. The van der Waals surface area contributed by atoms with Crippen molar-refractivity contribution in [3.63, 3.8) is 0 Å². The van der Waals surface area contributed by atoms with Crippen LogP contribution >= 0.6 is 0 Å². The minimum Gasteiger partial charge on any atom is -0.508 e. The lowest BCUT2D eigenvalue weighted by Crippen LogP contribution is -2.48. The van der Waals surface area contributed by atoms with Gasteiger partial charge in [-0.2, -0.15) is 0 Å². The highest BCUT2D eigenvalue weighted by Gasteiger charge is 2.57. The average Bonchev–Trinajstić information content (AvgIpc) is 2.82. The van der Waals surface area contributed by atoms with Gasteiger partial charge in [-0.15, -0.1) is 0 Å². The van der Waals surface area contributed by atoms with E-state index >= 15 is 0 Å². The topological polar surface area (TPSA) is 49.7 Å². The van der Waals surface area contributed by atoms with Gasteiger partial charge in [-0.1, -0.05) is 13.0 Å². The lowest BCUT2D eigenvalue weighted by molar-refractivity contribution is -0.0628. The third kappa shape index (κ3) is 2.24. The molecule has 3 heteroatoms. The third-order valence-electron chi connectivity index (χ3n) is 7.16. The van der Waals surface area contributed by atoms with Crippen molar-refractivity contribution in [3.05, 3.63) is 29.3 Å². The summed E-state index contributed by atoms with van der Waals surface area (Å²) in [5, 5.41) is 20.4. The monoisotopic (exact) mass is 316 g/mol. The predicted molar refractivity (Wildman–Crippen MR) is 89.5 cm³/mol. The van der Waals surface area contributed by atoms with E-state index < -0.39 is 0 Å². The van der Waals surface area contributed by atoms with E-state index in [-0.39, 0.29) is 11.5 Å². The Morgan fingerprint density at radius 3 is 2.87 bits per heavy atom. The first-order valence-corrected chi connectivity index (χ1v) is 9.03. The van der Waals surface area contributed by atoms with Gasteiger partial charge in [0.2, 0.25) is 0 Å². The van der Waals surface area contributed by atoms with E-state index in [1.165, 1.54) is 17.5 Å². The molecule has 23 heavy (non-hydrogen) atoms. The molecule has 6 atom stereocenters. The fraction of sp³-hybridized carbons (Fsp3) is 0.700. The Labute approximate surface area is 138 Å². The van der Waals surface area contributed by atoms with Gasteiger partial charge < -0.3 is 14.9 Å². The highest BCUT2D eigenvalue weighted by Crippen LogP contribution is 2.62. The molecule has 2 saturated carbocycles. The van der Waals surface area contributed by atoms with Crippen LogP contribution in [0.3, 0.4) is 0 Å². The summed E-state index contributed by atoms with van der Waals surface area (Å²) in [5.74, 6) is 2.62. The Morgan fingerprint density at radius 2 is 2.09 bits per heavy atom. The standard InChI is InChI=1S/C20H28O3/c1-20-10-13(11-23-2)19-15-6-4-14(21)9-12(15)3-5-16(19)17(20)7-8-18(20)22/h4,6,9,13,16-19,21-22H,3,5,7-8,10-11H2,1-2H3/t13-,16-,17-,18+,19-,20-/m0/s1. The van der Waals surface area contributed by atoms with Crippen LogP contribution in [0.15, 0.2) is 18.2 Å². The number of aryl methyl sites for hydroxylation is 1. The Bertz CT molecular complexity index is 599. The molecule has 4 rings (SSSR count). The van der Waals surface area contributed by atoms with Crippen LogP contribution in [0.2, 0.25) is 0 Å². The first kappa shape index (κ1) is 15.5. The van der Waals surface area contributed by atoms with Crippen LogP contribution in [0.4, 0.5) is 0 Å². The fourth-order valence-electron chi connectivity index (χ4n) is 6.22. The van der Waals surface area contributed by atoms with Crippen molar-refractivity contribution in [1.29, 1.82) is 0 Å². The molecule has 1 aromatic carbocycles. The zero-order valence-corrected chi connectivity index (χ0v) is 14.2. The number of methoxy groups -OCH3 is 1. The first-order valence-electron chi connectivity index (χ1n) is 9.03. The highest BCUT2D eigenvalue weighted by atomic mass is 16.5. The van der Waals surface area contributed by atoms with Crippen molar-refractivity contribution in [3.8, 4) is 5.75 Å². The second-order valence-electron chi connectivity index (χ2n) is 8.24. The molecule has 0 unspecified atom stereocenters. The van der Waals surface area contributed by atoms with Gasteiger partial charge in [0.25, 0.3) is 0 Å². The van der Waals surface area contributed by atoms with Gasteiger partial charge in [-0.25, -0.2) is 0 Å². The number of fused-ring (bicyclic) bond motifs is 5. The summed E-state index contributed by atoms with van der Waals surface area (Å²) in [4.78, 5) is 0. The van der Waals surface area contributed by atoms with Gasteiger partial charge >= 0.3 is 0 Å². The van der Waals surface area contributed by atoms with Crippen LogP contribution in [0.1, 0.15) is 49.7 Å². The van der Waals surface area contributed by atoms with Crippen molar-refractivity contribution in [2.45, 2.75) is 51.0 Å². The molecule has 0 saturated heterocycles. The molecular formula is C20H28O3. The average molecular weight is 316 g/mol. The van der Waals surface area contributed by atoms with Crippen LogP contribution in [0, 0.1) is 23.2 Å². The molecule has 3 aliphatic rings. The molecule has 126 valence electrons. The zero-order chi connectivity index (χ0) is 16.2. The third-order valence-corrected chi connectivity index (χ3v) is 7.16. The molecular weight excluding hydrogens is 288 g/mol. The van der Waals surface area contributed by atoms with Gasteiger partial charge in [0.15, 0.2) is 0 Å². The molecule has 0 aromatic heterocycles. The van der Waals surface area contributed by atoms with Crippen LogP contribution < -0.4 is 0 Å². The number of hydrogen-bond acceptors (Lipinski definition) is 3. The number of aliphatic hydroxyl groups is 1. The molecule has 0 aliphatic heterocycles. The van der Waals surface area contributed by atoms with E-state index in [1.54, 1.807) is 7.11 Å². The van der Waals surface area contributed by atoms with E-state index in [4.69, 9.17) is 4.74 Å². The van der Waals surface area contributed by atoms with Crippen LogP contribution in [-0.2, 0) is 11.2 Å². The van der Waals surface area contributed by atoms with Crippen LogP contribution in [-0.4, -0.2) is 30.0 Å². The number of aliphatic hydroxyl groups excluding tert-OH is 1. The summed E-state index contributed by atoms with van der Waals surface area (Å²) in [6.45, 7) is 3.07. The molecule has 0 heterocycles. The smallest absolute Gasteiger partial charge is 0.115 e. The predicted octanol–water partition coefficient (Wildman–Crippen LogP) is 3.48. The normalized spacial score (nSPS) is 42.0. The summed E-state index contributed by atoms with van der Waals surface area (Å²) in [5.41, 5.74) is 2.79. The largest absolute Gasteiger partial charge is 0.508 e. The minimum atomic E-state index is -0.158. The Kier molecular flexibility index (Phi) is 3.69. The first-order chi connectivity index (χ1) is 11.0. The maximum absolute atomic E-state index is 10.6. The maximum atomic E-state index is 10.6. The van der Waals surface area contributed by atoms with E-state index in [9.17, 15) is 10.2 Å². The number of aromatic hydroxyl groups is 1. The lowest BCUT2D eigenvalue weighted by atomic mass is 9.52. The van der Waals surface area contributed by atoms with Crippen LogP contribution in [0.5, 0.6) is 5.75 Å². The zero-order valence-electron chi connectivity index (χ0n) is 14.2. The van der Waals surface area contributed by atoms with Gasteiger partial charge in [-0.3, -0.25) is 0 Å². The molecule has 3 aliphatic carbocycles. The summed E-state index contributed by atoms with van der Waals surface area (Å²) in [6.07, 6.45) is 5.22. The highest BCUT2D eigenvalue weighted by molar-refractivity contribution is 5.40. The summed E-state index contributed by atoms with van der Waals surface area (Å²) >= 11 is 0. The number of phenolic OH excluding ortho intramolecular Hbond substituents is 1. The summed E-state index contributed by atoms with van der Waals surface area (Å²) < 4.78 is 5.57. The van der Waals surface area contributed by atoms with Crippen LogP contribution in [0.25, 0.3) is 0 Å². The van der Waals surface area contributed by atoms with Crippen molar-refractivity contribution in [1.82, 2.24) is 0 Å². The number of hydrogen-bond donors (Lipinski definition) is 2. The van der Waals surface area contributed by atoms with Crippen molar-refractivity contribution in [2.75, 3.05) is 13.7 Å². The second kappa shape index (κ2) is 5.49.